The summed E-state index contributed by atoms with van der Waals surface area (Å²) in [6.07, 6.45) is 0. The lowest BCUT2D eigenvalue weighted by molar-refractivity contribution is 0.362. The maximum absolute atomic E-state index is 5.62. The fourth-order valence-corrected chi connectivity index (χ4v) is 1.87. The summed E-state index contributed by atoms with van der Waals surface area (Å²) in [5.74, 6) is 1.10. The molecule has 0 saturated heterocycles. The van der Waals surface area contributed by atoms with Gasteiger partial charge < -0.3 is 10.3 Å². The second kappa shape index (κ2) is 3.51. The predicted molar refractivity (Wildman–Crippen MR) is 55.0 cm³/mol. The van der Waals surface area contributed by atoms with E-state index in [4.69, 9.17) is 10.3 Å². The Hall–Kier alpha value is -1.20. The summed E-state index contributed by atoms with van der Waals surface area (Å²) in [7, 11) is 0. The van der Waals surface area contributed by atoms with Gasteiger partial charge in [0.05, 0.1) is 10.9 Å². The van der Waals surface area contributed by atoms with Gasteiger partial charge in [-0.05, 0) is 26.0 Å². The van der Waals surface area contributed by atoms with Gasteiger partial charge in [-0.15, -0.1) is 11.3 Å². The molecule has 4 nitrogen and oxygen atoms in total. The number of thiophene rings is 1. The summed E-state index contributed by atoms with van der Waals surface area (Å²) in [4.78, 5) is 6.44. The molecule has 0 bridgehead atoms. The average Bonchev–Trinajstić information content (AvgIpc) is 2.70. The highest BCUT2D eigenvalue weighted by Gasteiger charge is 2.12. The van der Waals surface area contributed by atoms with E-state index in [-0.39, 0.29) is 6.04 Å². The molecule has 2 N–H and O–H groups in total. The third-order valence-electron chi connectivity index (χ3n) is 1.79. The van der Waals surface area contributed by atoms with Crippen LogP contribution < -0.4 is 5.73 Å². The first-order valence-corrected chi connectivity index (χ1v) is 5.14. The van der Waals surface area contributed by atoms with Crippen LogP contribution in [0.1, 0.15) is 23.7 Å². The molecule has 74 valence electrons. The Bertz CT molecular complexity index is 433. The lowest BCUT2D eigenvalue weighted by atomic mass is 10.4. The predicted octanol–water partition coefficient (Wildman–Crippen LogP) is 2.13. The first-order chi connectivity index (χ1) is 6.66. The minimum atomic E-state index is -0.211. The fourth-order valence-electron chi connectivity index (χ4n) is 1.07. The van der Waals surface area contributed by atoms with Crippen molar-refractivity contribution in [2.75, 3.05) is 0 Å². The largest absolute Gasteiger partial charge is 0.337 e. The molecule has 0 unspecified atom stereocenters. The summed E-state index contributed by atoms with van der Waals surface area (Å²) in [6.45, 7) is 3.86. The van der Waals surface area contributed by atoms with Crippen LogP contribution >= 0.6 is 11.3 Å². The Morgan fingerprint density at radius 1 is 1.50 bits per heavy atom. The van der Waals surface area contributed by atoms with Crippen LogP contribution in [0.25, 0.3) is 10.7 Å². The van der Waals surface area contributed by atoms with E-state index < -0.39 is 0 Å². The van der Waals surface area contributed by atoms with Gasteiger partial charge in [-0.3, -0.25) is 0 Å². The van der Waals surface area contributed by atoms with Gasteiger partial charge in [-0.1, -0.05) is 5.16 Å². The monoisotopic (exact) mass is 209 g/mol. The zero-order valence-corrected chi connectivity index (χ0v) is 8.84. The molecule has 2 rings (SSSR count). The van der Waals surface area contributed by atoms with Crippen molar-refractivity contribution in [3.05, 3.63) is 22.9 Å². The van der Waals surface area contributed by atoms with Gasteiger partial charge in [0.1, 0.15) is 0 Å². The maximum Gasteiger partial charge on any atom is 0.243 e. The minimum absolute atomic E-state index is 0.211. The van der Waals surface area contributed by atoms with E-state index in [1.54, 1.807) is 11.3 Å². The Morgan fingerprint density at radius 3 is 2.79 bits per heavy atom. The summed E-state index contributed by atoms with van der Waals surface area (Å²) < 4.78 is 5.01. The number of aromatic nitrogens is 2. The molecule has 0 aliphatic heterocycles. The summed E-state index contributed by atoms with van der Waals surface area (Å²) >= 11 is 1.64. The van der Waals surface area contributed by atoms with E-state index in [9.17, 15) is 0 Å². The van der Waals surface area contributed by atoms with E-state index in [2.05, 4.69) is 10.1 Å². The molecule has 0 radical (unpaired) electrons. The van der Waals surface area contributed by atoms with Crippen molar-refractivity contribution in [3.8, 4) is 10.7 Å². The normalized spacial score (nSPS) is 13.1. The van der Waals surface area contributed by atoms with Crippen LogP contribution in [0.2, 0.25) is 0 Å². The highest BCUT2D eigenvalue weighted by atomic mass is 32.1. The van der Waals surface area contributed by atoms with Crippen LogP contribution in [-0.2, 0) is 0 Å². The molecule has 0 aliphatic rings. The topological polar surface area (TPSA) is 64.9 Å². The van der Waals surface area contributed by atoms with Crippen molar-refractivity contribution < 1.29 is 4.52 Å². The molecule has 5 heteroatoms. The quantitative estimate of drug-likeness (QED) is 0.822. The Labute approximate surface area is 85.7 Å². The van der Waals surface area contributed by atoms with Crippen molar-refractivity contribution in [1.82, 2.24) is 10.1 Å². The molecule has 2 heterocycles. The number of nitrogens with zero attached hydrogens (tertiary/aromatic N) is 2. The zero-order chi connectivity index (χ0) is 10.1. The lowest BCUT2D eigenvalue weighted by Crippen LogP contribution is -2.04. The van der Waals surface area contributed by atoms with Crippen LogP contribution in [-0.4, -0.2) is 10.1 Å². The molecule has 0 saturated carbocycles. The van der Waals surface area contributed by atoms with Gasteiger partial charge in [-0.25, -0.2) is 0 Å². The maximum atomic E-state index is 5.62. The van der Waals surface area contributed by atoms with Crippen LogP contribution in [0.15, 0.2) is 16.7 Å². The van der Waals surface area contributed by atoms with Crippen LogP contribution in [0.4, 0.5) is 0 Å². The highest BCUT2D eigenvalue weighted by molar-refractivity contribution is 7.15. The number of hydrogen-bond donors (Lipinski definition) is 1. The summed E-state index contributed by atoms with van der Waals surface area (Å²) in [5, 5.41) is 3.87. The molecule has 0 fully saturated rings. The zero-order valence-electron chi connectivity index (χ0n) is 8.02. The molecule has 0 amide bonds. The van der Waals surface area contributed by atoms with Gasteiger partial charge in [0.2, 0.25) is 11.7 Å². The standard InChI is InChI=1S/C9H11N3OS/c1-5-3-4-7(14-5)8-11-9(6(2)10)13-12-8/h3-4,6H,10H2,1-2H3/t6-/m1/s1. The van der Waals surface area contributed by atoms with Gasteiger partial charge in [0.25, 0.3) is 0 Å². The van der Waals surface area contributed by atoms with E-state index in [1.165, 1.54) is 4.88 Å². The Kier molecular flexibility index (Phi) is 2.35. The van der Waals surface area contributed by atoms with Crippen molar-refractivity contribution in [1.29, 1.82) is 0 Å². The number of aryl methyl sites for hydroxylation is 1. The van der Waals surface area contributed by atoms with E-state index in [0.717, 1.165) is 4.88 Å². The van der Waals surface area contributed by atoms with Crippen LogP contribution in [0, 0.1) is 6.92 Å². The number of hydrogen-bond acceptors (Lipinski definition) is 5. The van der Waals surface area contributed by atoms with E-state index in [1.807, 2.05) is 26.0 Å². The molecule has 0 aromatic carbocycles. The van der Waals surface area contributed by atoms with E-state index in [0.29, 0.717) is 11.7 Å². The fraction of sp³-hybridized carbons (Fsp3) is 0.333. The second-order valence-corrected chi connectivity index (χ2v) is 4.44. The first-order valence-electron chi connectivity index (χ1n) is 4.33. The van der Waals surface area contributed by atoms with Gasteiger partial charge >= 0.3 is 0 Å². The minimum Gasteiger partial charge on any atom is -0.337 e. The Morgan fingerprint density at radius 2 is 2.29 bits per heavy atom. The molecule has 14 heavy (non-hydrogen) atoms. The van der Waals surface area contributed by atoms with Crippen molar-refractivity contribution in [3.63, 3.8) is 0 Å². The molecule has 2 aromatic heterocycles. The van der Waals surface area contributed by atoms with Crippen molar-refractivity contribution in [2.45, 2.75) is 19.9 Å². The highest BCUT2D eigenvalue weighted by Crippen LogP contribution is 2.25. The van der Waals surface area contributed by atoms with Crippen LogP contribution in [0.5, 0.6) is 0 Å². The average molecular weight is 209 g/mol. The molecular weight excluding hydrogens is 198 g/mol. The lowest BCUT2D eigenvalue weighted by Gasteiger charge is -1.92. The van der Waals surface area contributed by atoms with E-state index >= 15 is 0 Å². The summed E-state index contributed by atoms with van der Waals surface area (Å²) in [5.41, 5.74) is 5.62. The molecular formula is C9H11N3OS. The SMILES string of the molecule is Cc1ccc(-c2noc([C@@H](C)N)n2)s1. The third kappa shape index (κ3) is 1.69. The molecule has 0 spiro atoms. The third-order valence-corrected chi connectivity index (χ3v) is 2.79. The molecule has 2 aromatic rings. The second-order valence-electron chi connectivity index (χ2n) is 3.16. The van der Waals surface area contributed by atoms with Crippen molar-refractivity contribution in [2.24, 2.45) is 5.73 Å². The van der Waals surface area contributed by atoms with Gasteiger partial charge in [0.15, 0.2) is 0 Å². The smallest absolute Gasteiger partial charge is 0.243 e. The first kappa shape index (κ1) is 9.36. The van der Waals surface area contributed by atoms with Gasteiger partial charge in [0, 0.05) is 4.88 Å². The summed E-state index contributed by atoms with van der Waals surface area (Å²) in [6, 6.07) is 3.80. The van der Waals surface area contributed by atoms with Crippen molar-refractivity contribution >= 4 is 11.3 Å². The Balaban J connectivity index is 2.33. The molecule has 1 atom stereocenters. The van der Waals surface area contributed by atoms with Crippen LogP contribution in [0.3, 0.4) is 0 Å². The number of nitrogens with two attached hydrogens (primary N) is 1. The van der Waals surface area contributed by atoms with Gasteiger partial charge in [-0.2, -0.15) is 4.98 Å². The number of rotatable bonds is 2. The molecule has 0 aliphatic carbocycles.